The lowest BCUT2D eigenvalue weighted by atomic mass is 10.1. The molecule has 4 heterocycles. The van der Waals surface area contributed by atoms with E-state index in [1.807, 2.05) is 0 Å². The average Bonchev–Trinajstić information content (AvgIpc) is 3.37. The van der Waals surface area contributed by atoms with Gasteiger partial charge in [0.05, 0.1) is 56.7 Å². The molecule has 2 N–H and O–H groups in total. The molecule has 24 heteroatoms. The molecule has 2 aliphatic rings. The standard InChI is InChI=1S/2C23H21Cl2FN4O3.ClH.I2.HI/c2*1-3-20(31)30-8-6-13(7-9-30)33-19-10-14-17(11-18(19)32-2)27-12-28-23(14)29-16-5-4-15(24)21(25)22(16)26;;1-2;/h2*3-5,10-13H,1,6-9H2,2H3,(H,27,28,29);1H;;1H. The molecular formula is C46H44Cl5F2I3N8O6. The molecule has 0 bridgehead atoms. The van der Waals surface area contributed by atoms with Gasteiger partial charge in [-0.05, 0) is 48.6 Å². The third-order valence-corrected chi connectivity index (χ3v) is 12.4. The van der Waals surface area contributed by atoms with Crippen molar-refractivity contribution in [3.63, 3.8) is 0 Å². The molecule has 2 fully saturated rings. The van der Waals surface area contributed by atoms with Crippen LogP contribution >= 0.6 is 120 Å². The second-order valence-corrected chi connectivity index (χ2v) is 16.4. The van der Waals surface area contributed by atoms with Crippen molar-refractivity contribution < 1.29 is 37.3 Å². The van der Waals surface area contributed by atoms with Crippen LogP contribution < -0.4 is 29.6 Å². The minimum atomic E-state index is -0.679. The minimum absolute atomic E-state index is 0. The van der Waals surface area contributed by atoms with Crippen LogP contribution in [0, 0.1) is 11.6 Å². The van der Waals surface area contributed by atoms with Crippen molar-refractivity contribution in [1.29, 1.82) is 0 Å². The molecule has 8 rings (SSSR count). The summed E-state index contributed by atoms with van der Waals surface area (Å²) in [5.74, 6) is 1.25. The number of methoxy groups -OCH3 is 2. The molecule has 0 atom stereocenters. The fourth-order valence-corrected chi connectivity index (χ4v) is 7.96. The Morgan fingerprint density at radius 3 is 1.33 bits per heavy atom. The predicted molar refractivity (Wildman–Crippen MR) is 303 cm³/mol. The number of halogens is 10. The van der Waals surface area contributed by atoms with Crippen LogP contribution in [0.15, 0.2) is 86.5 Å². The molecule has 2 aromatic heterocycles. The van der Waals surface area contributed by atoms with Gasteiger partial charge in [-0.15, -0.1) is 36.4 Å². The summed E-state index contributed by atoms with van der Waals surface area (Å²) in [6.07, 6.45) is 7.86. The van der Waals surface area contributed by atoms with Gasteiger partial charge in [0.1, 0.15) is 36.5 Å². The molecule has 0 aliphatic carbocycles. The lowest BCUT2D eigenvalue weighted by molar-refractivity contribution is -0.128. The molecule has 70 heavy (non-hydrogen) atoms. The Kier molecular flexibility index (Phi) is 23.5. The number of ether oxygens (including phenoxy) is 4. The Balaban J connectivity index is 0.000000286. The van der Waals surface area contributed by atoms with Gasteiger partial charge in [-0.1, -0.05) is 59.6 Å². The van der Waals surface area contributed by atoms with Crippen molar-refractivity contribution in [1.82, 2.24) is 29.7 Å². The van der Waals surface area contributed by atoms with Gasteiger partial charge in [0.25, 0.3) is 0 Å². The molecule has 0 saturated carbocycles. The van der Waals surface area contributed by atoms with Gasteiger partial charge in [-0.25, -0.2) is 28.7 Å². The van der Waals surface area contributed by atoms with Gasteiger partial charge >= 0.3 is 0 Å². The van der Waals surface area contributed by atoms with E-state index in [9.17, 15) is 18.4 Å². The molecule has 2 saturated heterocycles. The Hall–Kier alpha value is -3.72. The van der Waals surface area contributed by atoms with E-state index in [0.717, 1.165) is 0 Å². The smallest absolute Gasteiger partial charge is 0.245 e. The SMILES string of the molecule is C=CC(=O)N1CCC(Oc2cc3c(Nc4ccc(Cl)c(Cl)c4F)ncnc3cc2OC)CC1.C=CC(=O)N1CCC(Oc2cc3c(Nc4ccc(Cl)c(Cl)c4F)ncnc3cc2OC)CC1.Cl.I.II. The quantitative estimate of drug-likeness (QED) is 0.0681. The molecule has 2 amide bonds. The summed E-state index contributed by atoms with van der Waals surface area (Å²) in [6.45, 7) is 9.39. The first-order valence-corrected chi connectivity index (χ1v) is 28.4. The second kappa shape index (κ2) is 27.9. The fourth-order valence-electron chi connectivity index (χ4n) is 7.34. The number of likely N-dealkylation sites (tertiary alicyclic amines) is 2. The molecule has 0 spiro atoms. The number of nitrogens with one attached hydrogen (secondary N) is 2. The van der Waals surface area contributed by atoms with Gasteiger partial charge < -0.3 is 39.4 Å². The molecule has 0 radical (unpaired) electrons. The number of carbonyl (C=O) groups is 2. The maximum absolute atomic E-state index is 14.6. The zero-order chi connectivity index (χ0) is 49.1. The Bertz CT molecular complexity index is 2640. The number of anilines is 4. The van der Waals surface area contributed by atoms with Crippen molar-refractivity contribution >= 4 is 177 Å². The molecule has 2 aliphatic heterocycles. The molecule has 6 aromatic rings. The van der Waals surface area contributed by atoms with E-state index in [1.165, 1.54) is 49.1 Å². The first-order valence-electron chi connectivity index (χ1n) is 20.6. The molecule has 14 nitrogen and oxygen atoms in total. The van der Waals surface area contributed by atoms with E-state index in [-0.39, 0.29) is 91.9 Å². The van der Waals surface area contributed by atoms with Crippen LogP contribution in [0.5, 0.6) is 23.0 Å². The van der Waals surface area contributed by atoms with Crippen molar-refractivity contribution in [2.75, 3.05) is 51.0 Å². The number of carbonyl (C=O) groups excluding carboxylic acids is 2. The van der Waals surface area contributed by atoms with Crippen LogP contribution in [0.3, 0.4) is 0 Å². The van der Waals surface area contributed by atoms with Gasteiger partial charge in [0, 0.05) is 112 Å². The van der Waals surface area contributed by atoms with E-state index in [4.69, 9.17) is 65.4 Å². The highest BCUT2D eigenvalue weighted by atomic mass is 128. The van der Waals surface area contributed by atoms with Crippen LogP contribution in [0.4, 0.5) is 31.8 Å². The highest BCUT2D eigenvalue weighted by molar-refractivity contribution is 15.0. The number of nitrogens with zero attached hydrogens (tertiary/aromatic N) is 6. The van der Waals surface area contributed by atoms with E-state index in [2.05, 4.69) is 81.0 Å². The van der Waals surface area contributed by atoms with Crippen LogP contribution in [-0.2, 0) is 9.59 Å². The van der Waals surface area contributed by atoms with Crippen molar-refractivity contribution in [2.24, 2.45) is 0 Å². The molecule has 4 aromatic carbocycles. The zero-order valence-corrected chi connectivity index (χ0v) is 47.6. The van der Waals surface area contributed by atoms with Crippen LogP contribution in [0.25, 0.3) is 21.8 Å². The predicted octanol–water partition coefficient (Wildman–Crippen LogP) is 13.6. The summed E-state index contributed by atoms with van der Waals surface area (Å²) < 4.78 is 52.6. The number of amides is 2. The summed E-state index contributed by atoms with van der Waals surface area (Å²) in [5, 5.41) is 7.02. The number of rotatable bonds is 12. The van der Waals surface area contributed by atoms with Gasteiger partial charge in [-0.2, -0.15) is 0 Å². The summed E-state index contributed by atoms with van der Waals surface area (Å²) in [6, 6.07) is 12.9. The summed E-state index contributed by atoms with van der Waals surface area (Å²) in [7, 11) is 3.09. The highest BCUT2D eigenvalue weighted by Crippen LogP contribution is 2.40. The monoisotopic (exact) mass is 1400 g/mol. The average molecular weight is 1400 g/mol. The highest BCUT2D eigenvalue weighted by Gasteiger charge is 2.26. The van der Waals surface area contributed by atoms with Gasteiger partial charge in [0.15, 0.2) is 34.6 Å². The van der Waals surface area contributed by atoms with E-state index in [1.54, 1.807) is 48.3 Å². The first-order chi connectivity index (χ1) is 32.8. The normalized spacial score (nSPS) is 13.5. The molecule has 0 unspecified atom stereocenters. The van der Waals surface area contributed by atoms with Gasteiger partial charge in [0.2, 0.25) is 11.8 Å². The van der Waals surface area contributed by atoms with Crippen LogP contribution in [-0.4, -0.2) is 94.2 Å². The van der Waals surface area contributed by atoms with E-state index in [0.29, 0.717) is 108 Å². The Morgan fingerprint density at radius 1 is 0.643 bits per heavy atom. The number of aromatic nitrogens is 4. The number of fused-ring (bicyclic) bond motifs is 2. The first kappa shape index (κ1) is 58.8. The van der Waals surface area contributed by atoms with Crippen molar-refractivity contribution in [3.8, 4) is 23.0 Å². The molecular weight excluding hydrogens is 1360 g/mol. The maximum atomic E-state index is 14.6. The van der Waals surface area contributed by atoms with Gasteiger partial charge in [-0.3, -0.25) is 9.59 Å². The number of piperidine rings is 2. The second-order valence-electron chi connectivity index (χ2n) is 14.9. The molecule has 374 valence electrons. The third-order valence-electron chi connectivity index (χ3n) is 10.9. The van der Waals surface area contributed by atoms with E-state index < -0.39 is 11.6 Å². The number of benzene rings is 4. The van der Waals surface area contributed by atoms with Crippen LogP contribution in [0.2, 0.25) is 20.1 Å². The van der Waals surface area contributed by atoms with Crippen molar-refractivity contribution in [3.05, 3.63) is 118 Å². The van der Waals surface area contributed by atoms with Crippen LogP contribution in [0.1, 0.15) is 25.7 Å². The Morgan fingerprint density at radius 2 is 1.00 bits per heavy atom. The third kappa shape index (κ3) is 14.3. The number of hydrogen-bond donors (Lipinski definition) is 2. The maximum Gasteiger partial charge on any atom is 0.245 e. The topological polar surface area (TPSA) is 153 Å². The lowest BCUT2D eigenvalue weighted by Gasteiger charge is -2.31. The minimum Gasteiger partial charge on any atom is -0.493 e. The number of hydrogen-bond acceptors (Lipinski definition) is 12. The lowest BCUT2D eigenvalue weighted by Crippen LogP contribution is -2.41. The Labute approximate surface area is 469 Å². The largest absolute Gasteiger partial charge is 0.493 e. The summed E-state index contributed by atoms with van der Waals surface area (Å²) >= 11 is 27.9. The summed E-state index contributed by atoms with van der Waals surface area (Å²) in [5.41, 5.74) is 1.43. The zero-order valence-electron chi connectivity index (χ0n) is 37.1. The summed E-state index contributed by atoms with van der Waals surface area (Å²) in [4.78, 5) is 44.2. The van der Waals surface area contributed by atoms with Crippen molar-refractivity contribution in [2.45, 2.75) is 37.9 Å². The fraction of sp³-hybridized carbons (Fsp3) is 0.261. The van der Waals surface area contributed by atoms with E-state index >= 15 is 0 Å².